The van der Waals surface area contributed by atoms with Gasteiger partial charge in [-0.25, -0.2) is 8.37 Å². The second-order valence-corrected chi connectivity index (χ2v) is 18.0. The van der Waals surface area contributed by atoms with E-state index in [-0.39, 0.29) is 33.7 Å². The van der Waals surface area contributed by atoms with E-state index in [9.17, 15) is 31.0 Å². The lowest BCUT2D eigenvalue weighted by atomic mass is 9.41. The SMILES string of the molecule is CC(C)C[C@H](O)C[C@@H](C)[C@H]1CC[C@@]2(C)[C@@H]3CC[C@H]4[C@](C)(COS(=O)(=O)O)[C@@H](OS(=O)(=O)O)CC[C@@]45C[C@@]35CC[C@]12C. The van der Waals surface area contributed by atoms with Crippen LogP contribution in [0.25, 0.3) is 0 Å². The Morgan fingerprint density at radius 1 is 0.780 bits per heavy atom. The van der Waals surface area contributed by atoms with Gasteiger partial charge in [-0.1, -0.05) is 41.5 Å². The predicted octanol–water partition coefficient (Wildman–Crippen LogP) is 5.85. The molecule has 5 aliphatic rings. The maximum Gasteiger partial charge on any atom is 0.397 e. The molecule has 5 rings (SSSR count). The van der Waals surface area contributed by atoms with Gasteiger partial charge in [0, 0.05) is 5.41 Å². The summed E-state index contributed by atoms with van der Waals surface area (Å²) in [6.07, 6.45) is 8.97. The second kappa shape index (κ2) is 10.1. The first-order valence-electron chi connectivity index (χ1n) is 15.7. The molecule has 2 spiro atoms. The molecule has 9 nitrogen and oxygen atoms in total. The highest BCUT2D eigenvalue weighted by atomic mass is 32.3. The fourth-order valence-corrected chi connectivity index (χ4v) is 13.1. The van der Waals surface area contributed by atoms with Crippen molar-refractivity contribution in [3.05, 3.63) is 0 Å². The smallest absolute Gasteiger partial charge is 0.393 e. The van der Waals surface area contributed by atoms with Crippen molar-refractivity contribution in [3.8, 4) is 0 Å². The largest absolute Gasteiger partial charge is 0.397 e. The summed E-state index contributed by atoms with van der Waals surface area (Å²) in [4.78, 5) is 0. The van der Waals surface area contributed by atoms with Gasteiger partial charge in [-0.3, -0.25) is 9.11 Å². The highest BCUT2D eigenvalue weighted by Gasteiger charge is 2.82. The van der Waals surface area contributed by atoms with Gasteiger partial charge in [0.1, 0.15) is 0 Å². The van der Waals surface area contributed by atoms with Crippen molar-refractivity contribution in [1.82, 2.24) is 0 Å². The summed E-state index contributed by atoms with van der Waals surface area (Å²) in [5.41, 5.74) is -0.626. The van der Waals surface area contributed by atoms with Crippen LogP contribution in [-0.4, -0.2) is 49.9 Å². The van der Waals surface area contributed by atoms with Gasteiger partial charge in [0.05, 0.1) is 18.8 Å². The molecule has 238 valence electrons. The third-order valence-corrected chi connectivity index (χ3v) is 14.6. The van der Waals surface area contributed by atoms with E-state index in [4.69, 9.17) is 8.37 Å². The third-order valence-electron chi connectivity index (χ3n) is 13.7. The van der Waals surface area contributed by atoms with Gasteiger partial charge in [-0.05, 0) is 122 Å². The van der Waals surface area contributed by atoms with Gasteiger partial charge < -0.3 is 5.11 Å². The first-order chi connectivity index (χ1) is 18.7. The van der Waals surface area contributed by atoms with Gasteiger partial charge in [0.25, 0.3) is 0 Å². The highest BCUT2D eigenvalue weighted by molar-refractivity contribution is 7.81. The molecule has 0 aromatic heterocycles. The van der Waals surface area contributed by atoms with E-state index in [2.05, 4.69) is 34.6 Å². The van der Waals surface area contributed by atoms with Crippen LogP contribution >= 0.6 is 0 Å². The Labute approximate surface area is 247 Å². The number of rotatable bonds is 10. The van der Waals surface area contributed by atoms with Gasteiger partial charge in [0.15, 0.2) is 0 Å². The number of hydrogen-bond acceptors (Lipinski definition) is 7. The number of fused-ring (bicyclic) bond motifs is 2. The molecule has 0 aliphatic heterocycles. The molecule has 0 amide bonds. The average molecular weight is 621 g/mol. The minimum absolute atomic E-state index is 0.0521. The molecule has 5 saturated carbocycles. The fourth-order valence-electron chi connectivity index (χ4n) is 12.1. The lowest BCUT2D eigenvalue weighted by Gasteiger charge is -2.63. The van der Waals surface area contributed by atoms with Crippen LogP contribution in [0.3, 0.4) is 0 Å². The first kappa shape index (κ1) is 32.1. The van der Waals surface area contributed by atoms with Crippen molar-refractivity contribution < 1.29 is 39.4 Å². The van der Waals surface area contributed by atoms with Crippen molar-refractivity contribution in [2.75, 3.05) is 6.61 Å². The summed E-state index contributed by atoms with van der Waals surface area (Å²) in [5, 5.41) is 10.8. The Bertz CT molecular complexity index is 1240. The molecule has 0 heterocycles. The molecule has 5 fully saturated rings. The lowest BCUT2D eigenvalue weighted by molar-refractivity contribution is -0.169. The molecular formula is C30H52O9S2. The summed E-state index contributed by atoms with van der Waals surface area (Å²) in [7, 11) is -9.51. The molecule has 0 bridgehead atoms. The monoisotopic (exact) mass is 620 g/mol. The van der Waals surface area contributed by atoms with Crippen LogP contribution in [0.1, 0.15) is 112 Å². The molecule has 41 heavy (non-hydrogen) atoms. The van der Waals surface area contributed by atoms with Crippen LogP contribution in [-0.2, 0) is 29.2 Å². The first-order valence-corrected chi connectivity index (χ1v) is 18.4. The van der Waals surface area contributed by atoms with E-state index < -0.39 is 38.9 Å². The number of hydrogen-bond donors (Lipinski definition) is 3. The average Bonchev–Trinajstić information content (AvgIpc) is 3.40. The maximum atomic E-state index is 11.8. The summed E-state index contributed by atoms with van der Waals surface area (Å²) < 4.78 is 75.8. The molecular weight excluding hydrogens is 568 g/mol. The molecule has 0 radical (unpaired) electrons. The lowest BCUT2D eigenvalue weighted by Crippen LogP contribution is -2.59. The van der Waals surface area contributed by atoms with Crippen LogP contribution in [0, 0.1) is 56.7 Å². The van der Waals surface area contributed by atoms with Crippen molar-refractivity contribution in [2.45, 2.75) is 124 Å². The third kappa shape index (κ3) is 5.05. The number of aliphatic hydroxyl groups is 1. The number of aliphatic hydroxyl groups excluding tert-OH is 1. The van der Waals surface area contributed by atoms with Crippen LogP contribution in [0.2, 0.25) is 0 Å². The van der Waals surface area contributed by atoms with Gasteiger partial charge in [-0.2, -0.15) is 16.8 Å². The van der Waals surface area contributed by atoms with Gasteiger partial charge >= 0.3 is 20.8 Å². The topological polar surface area (TPSA) is 147 Å². The van der Waals surface area contributed by atoms with E-state index in [0.717, 1.165) is 51.4 Å². The maximum absolute atomic E-state index is 11.8. The Morgan fingerprint density at radius 3 is 2.02 bits per heavy atom. The van der Waals surface area contributed by atoms with E-state index in [1.54, 1.807) is 6.92 Å². The molecule has 5 aliphatic carbocycles. The highest BCUT2D eigenvalue weighted by Crippen LogP contribution is 2.89. The van der Waals surface area contributed by atoms with Crippen molar-refractivity contribution in [1.29, 1.82) is 0 Å². The molecule has 11 heteroatoms. The minimum Gasteiger partial charge on any atom is -0.393 e. The van der Waals surface area contributed by atoms with Gasteiger partial charge in [0.2, 0.25) is 0 Å². The molecule has 0 aromatic rings. The quantitative estimate of drug-likeness (QED) is 0.256. The van der Waals surface area contributed by atoms with Crippen LogP contribution < -0.4 is 0 Å². The van der Waals surface area contributed by atoms with Crippen molar-refractivity contribution in [2.24, 2.45) is 56.7 Å². The van der Waals surface area contributed by atoms with Crippen LogP contribution in [0.15, 0.2) is 0 Å². The molecule has 0 unspecified atom stereocenters. The van der Waals surface area contributed by atoms with Crippen molar-refractivity contribution >= 4 is 20.8 Å². The molecule has 0 saturated heterocycles. The summed E-state index contributed by atoms with van der Waals surface area (Å²) in [6, 6.07) is 0. The molecule has 3 N–H and O–H groups in total. The van der Waals surface area contributed by atoms with E-state index in [1.165, 1.54) is 12.8 Å². The zero-order valence-electron chi connectivity index (χ0n) is 25.6. The van der Waals surface area contributed by atoms with E-state index >= 15 is 0 Å². The minimum atomic E-state index is -4.76. The Hall–Kier alpha value is -0.300. The molecule has 11 atom stereocenters. The second-order valence-electron chi connectivity index (χ2n) is 15.9. The summed E-state index contributed by atoms with van der Waals surface area (Å²) in [6.45, 7) is 13.1. The van der Waals surface area contributed by atoms with Crippen LogP contribution in [0.4, 0.5) is 0 Å². The Kier molecular flexibility index (Phi) is 7.91. The summed E-state index contributed by atoms with van der Waals surface area (Å²) in [5.74, 6) is 1.95. The van der Waals surface area contributed by atoms with E-state index in [1.807, 2.05) is 0 Å². The Balaban J connectivity index is 1.42. The fraction of sp³-hybridized carbons (Fsp3) is 1.00. The van der Waals surface area contributed by atoms with Crippen molar-refractivity contribution in [3.63, 3.8) is 0 Å². The standard InChI is InChI=1S/C30H52O9S2/c1-19(2)15-21(31)16-20(3)22-9-11-28(6)24-8-7-23-26(4,18-38-40(32,33)34)25(39-41(35,36)37)10-12-29(23)17-30(24,29)14-13-27(22,28)5/h19-25,31H,7-18H2,1-6H3,(H,32,33,34)(H,35,36,37)/t20-,21+,22-,23+,24+,25+,26+,27-,28+,29-,30+/m1/s1. The zero-order chi connectivity index (χ0) is 30.4. The predicted molar refractivity (Wildman–Crippen MR) is 154 cm³/mol. The normalized spacial score (nSPS) is 47.2. The Morgan fingerprint density at radius 2 is 1.41 bits per heavy atom. The van der Waals surface area contributed by atoms with E-state index in [0.29, 0.717) is 30.1 Å². The summed E-state index contributed by atoms with van der Waals surface area (Å²) >= 11 is 0. The van der Waals surface area contributed by atoms with Crippen LogP contribution in [0.5, 0.6) is 0 Å². The zero-order valence-corrected chi connectivity index (χ0v) is 27.3. The van der Waals surface area contributed by atoms with Gasteiger partial charge in [-0.15, -0.1) is 0 Å². The molecule has 0 aromatic carbocycles.